The molecular weight excluding hydrogens is 466 g/mol. The summed E-state index contributed by atoms with van der Waals surface area (Å²) in [4.78, 5) is 21.1. The van der Waals surface area contributed by atoms with Gasteiger partial charge in [0.05, 0.1) is 4.90 Å². The van der Waals surface area contributed by atoms with E-state index in [-0.39, 0.29) is 43.6 Å². The fraction of sp³-hybridized carbons (Fsp3) is 0.227. The van der Waals surface area contributed by atoms with Crippen LogP contribution in [0.15, 0.2) is 65.6 Å². The third kappa shape index (κ3) is 4.24. The van der Waals surface area contributed by atoms with Gasteiger partial charge in [-0.15, -0.1) is 5.10 Å². The van der Waals surface area contributed by atoms with Crippen molar-refractivity contribution in [2.75, 3.05) is 32.8 Å². The van der Waals surface area contributed by atoms with E-state index in [0.717, 1.165) is 10.8 Å². The van der Waals surface area contributed by atoms with E-state index in [9.17, 15) is 13.2 Å². The van der Waals surface area contributed by atoms with E-state index in [1.165, 1.54) is 9.15 Å². The van der Waals surface area contributed by atoms with Gasteiger partial charge in [0, 0.05) is 31.2 Å². The minimum absolute atomic E-state index is 0.211. The highest BCUT2D eigenvalue weighted by atomic mass is 35.5. The van der Waals surface area contributed by atoms with Crippen LogP contribution in [0.5, 0.6) is 0 Å². The lowest BCUT2D eigenvalue weighted by Crippen LogP contribution is -2.51. The first kappa shape index (κ1) is 21.6. The number of aromatic nitrogens is 3. The summed E-state index contributed by atoms with van der Waals surface area (Å²) in [5, 5.41) is 10.2. The molecule has 0 radical (unpaired) electrons. The maximum atomic E-state index is 13.1. The maximum Gasteiger partial charge on any atom is 0.263 e. The first-order chi connectivity index (χ1) is 15.9. The fourth-order valence-electron chi connectivity index (χ4n) is 3.83. The molecule has 0 saturated carbocycles. The Hall–Kier alpha value is -3.21. The molecule has 1 saturated heterocycles. The topological polar surface area (TPSA) is 97.6 Å². The molecule has 3 aromatic carbocycles. The second-order valence-corrected chi connectivity index (χ2v) is 10.0. The number of rotatable bonds is 5. The number of benzene rings is 3. The standard InChI is InChI=1S/C22H20ClN5O4S/c23-18-6-8-20-21(14-18)28(25-24-20)32-15-22(29)26-9-11-27(12-10-26)33(30,31)19-7-5-16-3-1-2-4-17(16)13-19/h1-8,13-14H,9-12,15H2. The Morgan fingerprint density at radius 2 is 1.73 bits per heavy atom. The molecule has 0 atom stereocenters. The molecule has 1 aliphatic rings. The number of amides is 1. The number of piperazine rings is 1. The SMILES string of the molecule is O=C(COn1nnc2ccc(Cl)cc21)N1CCN(S(=O)(=O)c2ccc3ccccc3c2)CC1. The molecule has 33 heavy (non-hydrogen) atoms. The summed E-state index contributed by atoms with van der Waals surface area (Å²) < 4.78 is 27.6. The molecule has 5 rings (SSSR count). The van der Waals surface area contributed by atoms with Crippen LogP contribution in [0.1, 0.15) is 0 Å². The second-order valence-electron chi connectivity index (χ2n) is 7.66. The Morgan fingerprint density at radius 3 is 2.52 bits per heavy atom. The predicted octanol–water partition coefficient (Wildman–Crippen LogP) is 2.20. The molecule has 0 spiro atoms. The molecule has 11 heteroatoms. The van der Waals surface area contributed by atoms with Crippen molar-refractivity contribution in [3.8, 4) is 0 Å². The van der Waals surface area contributed by atoms with Crippen LogP contribution in [-0.4, -0.2) is 71.5 Å². The quantitative estimate of drug-likeness (QED) is 0.430. The van der Waals surface area contributed by atoms with Gasteiger partial charge in [-0.3, -0.25) is 4.79 Å². The number of halogens is 1. The fourth-order valence-corrected chi connectivity index (χ4v) is 5.45. The Labute approximate surface area is 195 Å². The summed E-state index contributed by atoms with van der Waals surface area (Å²) >= 11 is 6.00. The average Bonchev–Trinajstić information content (AvgIpc) is 3.24. The number of sulfonamides is 1. The smallest absolute Gasteiger partial charge is 0.263 e. The molecule has 170 valence electrons. The van der Waals surface area contributed by atoms with Crippen molar-refractivity contribution in [2.45, 2.75) is 4.90 Å². The number of carbonyl (C=O) groups excluding carboxylic acids is 1. The van der Waals surface area contributed by atoms with Gasteiger partial charge in [-0.25, -0.2) is 8.42 Å². The predicted molar refractivity (Wildman–Crippen MR) is 123 cm³/mol. The Balaban J connectivity index is 1.21. The van der Waals surface area contributed by atoms with E-state index in [0.29, 0.717) is 16.1 Å². The molecule has 0 N–H and O–H groups in total. The summed E-state index contributed by atoms with van der Waals surface area (Å²) in [6.07, 6.45) is 0. The van der Waals surface area contributed by atoms with Crippen molar-refractivity contribution in [1.29, 1.82) is 0 Å². The first-order valence-corrected chi connectivity index (χ1v) is 12.1. The molecule has 1 aromatic heterocycles. The molecule has 0 bridgehead atoms. The highest BCUT2D eigenvalue weighted by Gasteiger charge is 2.30. The maximum absolute atomic E-state index is 13.1. The normalized spacial score (nSPS) is 15.2. The van der Waals surface area contributed by atoms with E-state index < -0.39 is 10.0 Å². The molecule has 0 aliphatic carbocycles. The average molecular weight is 486 g/mol. The van der Waals surface area contributed by atoms with Gasteiger partial charge in [0.1, 0.15) is 11.0 Å². The van der Waals surface area contributed by atoms with Crippen molar-refractivity contribution < 1.29 is 18.0 Å². The number of carbonyl (C=O) groups is 1. The zero-order valence-electron chi connectivity index (χ0n) is 17.5. The van der Waals surface area contributed by atoms with Gasteiger partial charge in [-0.05, 0) is 46.3 Å². The Kier molecular flexibility index (Phi) is 5.65. The third-order valence-corrected chi connectivity index (χ3v) is 7.77. The summed E-state index contributed by atoms with van der Waals surface area (Å²) in [7, 11) is -3.65. The summed E-state index contributed by atoms with van der Waals surface area (Å²) in [6, 6.07) is 17.8. The van der Waals surface area contributed by atoms with Gasteiger partial charge < -0.3 is 9.74 Å². The van der Waals surface area contributed by atoms with E-state index in [2.05, 4.69) is 10.3 Å². The van der Waals surface area contributed by atoms with Crippen LogP contribution in [0.4, 0.5) is 0 Å². The van der Waals surface area contributed by atoms with Crippen molar-refractivity contribution in [3.63, 3.8) is 0 Å². The summed E-state index contributed by atoms with van der Waals surface area (Å²) in [6.45, 7) is 0.728. The monoisotopic (exact) mass is 485 g/mol. The van der Waals surface area contributed by atoms with Crippen LogP contribution in [-0.2, 0) is 14.8 Å². The van der Waals surface area contributed by atoms with Gasteiger partial charge in [0.2, 0.25) is 10.0 Å². The lowest BCUT2D eigenvalue weighted by atomic mass is 10.1. The van der Waals surface area contributed by atoms with Gasteiger partial charge in [0.25, 0.3) is 5.91 Å². The van der Waals surface area contributed by atoms with Crippen LogP contribution in [0.25, 0.3) is 21.8 Å². The molecule has 4 aromatic rings. The number of hydrogen-bond acceptors (Lipinski definition) is 6. The van der Waals surface area contributed by atoms with Gasteiger partial charge >= 0.3 is 0 Å². The third-order valence-electron chi connectivity index (χ3n) is 5.64. The minimum Gasteiger partial charge on any atom is -0.385 e. The summed E-state index contributed by atoms with van der Waals surface area (Å²) in [5.41, 5.74) is 1.15. The Bertz CT molecular complexity index is 1450. The zero-order chi connectivity index (χ0) is 23.0. The number of nitrogens with zero attached hydrogens (tertiary/aromatic N) is 5. The number of fused-ring (bicyclic) bond motifs is 2. The van der Waals surface area contributed by atoms with Gasteiger partial charge in [-0.1, -0.05) is 46.8 Å². The molecule has 9 nitrogen and oxygen atoms in total. The first-order valence-electron chi connectivity index (χ1n) is 10.3. The highest BCUT2D eigenvalue weighted by Crippen LogP contribution is 2.23. The van der Waals surface area contributed by atoms with Crippen LogP contribution in [0, 0.1) is 0 Å². The summed E-state index contributed by atoms with van der Waals surface area (Å²) in [5.74, 6) is -0.261. The van der Waals surface area contributed by atoms with E-state index in [4.69, 9.17) is 16.4 Å². The van der Waals surface area contributed by atoms with Crippen LogP contribution >= 0.6 is 11.6 Å². The lowest BCUT2D eigenvalue weighted by molar-refractivity contribution is -0.137. The minimum atomic E-state index is -3.65. The van der Waals surface area contributed by atoms with Crippen LogP contribution < -0.4 is 4.84 Å². The van der Waals surface area contributed by atoms with Gasteiger partial charge in [-0.2, -0.15) is 4.31 Å². The molecular formula is C22H20ClN5O4S. The van der Waals surface area contributed by atoms with Crippen LogP contribution in [0.3, 0.4) is 0 Å². The largest absolute Gasteiger partial charge is 0.385 e. The van der Waals surface area contributed by atoms with E-state index >= 15 is 0 Å². The Morgan fingerprint density at radius 1 is 0.970 bits per heavy atom. The van der Waals surface area contributed by atoms with Crippen molar-refractivity contribution in [3.05, 3.63) is 65.7 Å². The van der Waals surface area contributed by atoms with Crippen molar-refractivity contribution in [2.24, 2.45) is 0 Å². The zero-order valence-corrected chi connectivity index (χ0v) is 19.0. The molecule has 2 heterocycles. The molecule has 1 aliphatic heterocycles. The van der Waals surface area contributed by atoms with E-state index in [1.807, 2.05) is 24.3 Å². The van der Waals surface area contributed by atoms with E-state index in [1.54, 1.807) is 41.3 Å². The number of hydrogen-bond donors (Lipinski definition) is 0. The lowest BCUT2D eigenvalue weighted by Gasteiger charge is -2.33. The second kappa shape index (κ2) is 8.62. The molecule has 1 fully saturated rings. The van der Waals surface area contributed by atoms with Crippen LogP contribution in [0.2, 0.25) is 5.02 Å². The molecule has 0 unspecified atom stereocenters. The van der Waals surface area contributed by atoms with Crippen molar-refractivity contribution >= 4 is 49.3 Å². The van der Waals surface area contributed by atoms with Gasteiger partial charge in [0.15, 0.2) is 6.61 Å². The van der Waals surface area contributed by atoms with Crippen molar-refractivity contribution in [1.82, 2.24) is 24.4 Å². The highest BCUT2D eigenvalue weighted by molar-refractivity contribution is 7.89. The molecule has 1 amide bonds.